The Labute approximate surface area is 125 Å². The SMILES string of the molecule is Cc1c(C(=O)N[C@H](C(=O)O)[C@@H](C)O)oc2ccc(Cl)cc12. The van der Waals surface area contributed by atoms with E-state index >= 15 is 0 Å². The molecule has 0 unspecified atom stereocenters. The molecule has 0 aliphatic heterocycles. The molecule has 0 saturated heterocycles. The van der Waals surface area contributed by atoms with Gasteiger partial charge in [0.15, 0.2) is 11.8 Å². The Hall–Kier alpha value is -2.05. The normalized spacial score (nSPS) is 13.9. The number of nitrogens with one attached hydrogen (secondary N) is 1. The maximum absolute atomic E-state index is 12.1. The van der Waals surface area contributed by atoms with Gasteiger partial charge in [-0.3, -0.25) is 4.79 Å². The van der Waals surface area contributed by atoms with Crippen molar-refractivity contribution >= 4 is 34.4 Å². The molecule has 112 valence electrons. The zero-order valence-corrected chi connectivity index (χ0v) is 12.1. The van der Waals surface area contributed by atoms with Crippen LogP contribution in [-0.2, 0) is 4.79 Å². The molecule has 0 radical (unpaired) electrons. The van der Waals surface area contributed by atoms with Crippen molar-refractivity contribution in [2.45, 2.75) is 26.0 Å². The zero-order chi connectivity index (χ0) is 15.7. The number of furan rings is 1. The molecule has 7 heteroatoms. The van der Waals surface area contributed by atoms with Crippen LogP contribution in [0.25, 0.3) is 11.0 Å². The number of rotatable bonds is 4. The van der Waals surface area contributed by atoms with Gasteiger partial charge >= 0.3 is 5.97 Å². The molecule has 0 spiro atoms. The molecule has 1 heterocycles. The highest BCUT2D eigenvalue weighted by molar-refractivity contribution is 6.31. The first-order valence-electron chi connectivity index (χ1n) is 6.21. The summed E-state index contributed by atoms with van der Waals surface area (Å²) in [7, 11) is 0. The van der Waals surface area contributed by atoms with Gasteiger partial charge in [0.1, 0.15) is 5.58 Å². The van der Waals surface area contributed by atoms with E-state index in [1.807, 2.05) is 0 Å². The summed E-state index contributed by atoms with van der Waals surface area (Å²) in [5, 5.41) is 21.8. The zero-order valence-electron chi connectivity index (χ0n) is 11.4. The third kappa shape index (κ3) is 3.01. The third-order valence-corrected chi connectivity index (χ3v) is 3.37. The number of halogens is 1. The minimum Gasteiger partial charge on any atom is -0.480 e. The number of hydrogen-bond acceptors (Lipinski definition) is 4. The summed E-state index contributed by atoms with van der Waals surface area (Å²) in [6.45, 7) is 2.96. The number of aliphatic hydroxyl groups excluding tert-OH is 1. The summed E-state index contributed by atoms with van der Waals surface area (Å²) in [4.78, 5) is 23.1. The Morgan fingerprint density at radius 1 is 1.38 bits per heavy atom. The van der Waals surface area contributed by atoms with E-state index in [0.717, 1.165) is 0 Å². The summed E-state index contributed by atoms with van der Waals surface area (Å²) in [5.41, 5.74) is 1.03. The highest BCUT2D eigenvalue weighted by Crippen LogP contribution is 2.27. The van der Waals surface area contributed by atoms with Crippen LogP contribution in [-0.4, -0.2) is 34.2 Å². The highest BCUT2D eigenvalue weighted by Gasteiger charge is 2.28. The molecule has 3 N–H and O–H groups in total. The monoisotopic (exact) mass is 311 g/mol. The molecule has 0 aliphatic carbocycles. The lowest BCUT2D eigenvalue weighted by Gasteiger charge is -2.16. The lowest BCUT2D eigenvalue weighted by atomic mass is 10.1. The number of fused-ring (bicyclic) bond motifs is 1. The smallest absolute Gasteiger partial charge is 0.328 e. The lowest BCUT2D eigenvalue weighted by Crippen LogP contribution is -2.47. The molecule has 0 fully saturated rings. The van der Waals surface area contributed by atoms with Crippen LogP contribution in [0.3, 0.4) is 0 Å². The van der Waals surface area contributed by atoms with Gasteiger partial charge in [0.2, 0.25) is 0 Å². The third-order valence-electron chi connectivity index (χ3n) is 3.14. The molecule has 6 nitrogen and oxygen atoms in total. The Kier molecular flexibility index (Phi) is 4.20. The van der Waals surface area contributed by atoms with Gasteiger partial charge < -0.3 is 19.9 Å². The van der Waals surface area contributed by atoms with Gasteiger partial charge in [0, 0.05) is 16.0 Å². The molecule has 2 rings (SSSR count). The molecule has 1 aromatic carbocycles. The van der Waals surface area contributed by atoms with E-state index in [4.69, 9.17) is 21.1 Å². The minimum absolute atomic E-state index is 0.000772. The summed E-state index contributed by atoms with van der Waals surface area (Å²) in [6.07, 6.45) is -1.23. The second kappa shape index (κ2) is 5.75. The maximum Gasteiger partial charge on any atom is 0.328 e. The van der Waals surface area contributed by atoms with Gasteiger partial charge in [-0.15, -0.1) is 0 Å². The van der Waals surface area contributed by atoms with Crippen molar-refractivity contribution in [1.82, 2.24) is 5.32 Å². The fraction of sp³-hybridized carbons (Fsp3) is 0.286. The van der Waals surface area contributed by atoms with E-state index in [2.05, 4.69) is 5.32 Å². The first-order chi connectivity index (χ1) is 9.81. The van der Waals surface area contributed by atoms with E-state index in [0.29, 0.717) is 21.6 Å². The molecule has 1 aromatic heterocycles. The van der Waals surface area contributed by atoms with Gasteiger partial charge in [-0.25, -0.2) is 4.79 Å². The van der Waals surface area contributed by atoms with Crippen molar-refractivity contribution in [3.63, 3.8) is 0 Å². The number of carbonyl (C=O) groups is 2. The molecule has 0 bridgehead atoms. The predicted molar refractivity (Wildman–Crippen MR) is 76.5 cm³/mol. The Morgan fingerprint density at radius 2 is 2.05 bits per heavy atom. The first kappa shape index (κ1) is 15.3. The number of amides is 1. The first-order valence-corrected chi connectivity index (χ1v) is 6.59. The average Bonchev–Trinajstić information content (AvgIpc) is 2.72. The Morgan fingerprint density at radius 3 is 2.62 bits per heavy atom. The van der Waals surface area contributed by atoms with E-state index in [9.17, 15) is 14.7 Å². The van der Waals surface area contributed by atoms with Crippen molar-refractivity contribution in [2.24, 2.45) is 0 Å². The van der Waals surface area contributed by atoms with Gasteiger partial charge in [0.25, 0.3) is 5.91 Å². The largest absolute Gasteiger partial charge is 0.480 e. The second-order valence-corrected chi connectivity index (χ2v) is 5.16. The maximum atomic E-state index is 12.1. The number of aliphatic hydroxyl groups is 1. The molecule has 21 heavy (non-hydrogen) atoms. The van der Waals surface area contributed by atoms with Crippen LogP contribution >= 0.6 is 11.6 Å². The van der Waals surface area contributed by atoms with Gasteiger partial charge in [-0.05, 0) is 32.0 Å². The molecule has 0 saturated carbocycles. The molecule has 2 aromatic rings. The van der Waals surface area contributed by atoms with Crippen LogP contribution in [0.15, 0.2) is 22.6 Å². The van der Waals surface area contributed by atoms with E-state index < -0.39 is 24.0 Å². The molecule has 2 atom stereocenters. The fourth-order valence-electron chi connectivity index (χ4n) is 2.01. The number of benzene rings is 1. The number of aliphatic carboxylic acids is 1. The van der Waals surface area contributed by atoms with Crippen molar-refractivity contribution < 1.29 is 24.2 Å². The van der Waals surface area contributed by atoms with Gasteiger partial charge in [-0.1, -0.05) is 11.6 Å². The second-order valence-electron chi connectivity index (χ2n) is 4.73. The molecular weight excluding hydrogens is 298 g/mol. The highest BCUT2D eigenvalue weighted by atomic mass is 35.5. The van der Waals surface area contributed by atoms with Crippen LogP contribution < -0.4 is 5.32 Å². The Bertz CT molecular complexity index is 707. The van der Waals surface area contributed by atoms with Crippen LogP contribution in [0.2, 0.25) is 5.02 Å². The van der Waals surface area contributed by atoms with Crippen LogP contribution in [0, 0.1) is 6.92 Å². The number of carboxylic acids is 1. The molecule has 1 amide bonds. The van der Waals surface area contributed by atoms with Crippen LogP contribution in [0.5, 0.6) is 0 Å². The summed E-state index contributed by atoms with van der Waals surface area (Å²) in [6, 6.07) is 3.51. The molecule has 0 aliphatic rings. The summed E-state index contributed by atoms with van der Waals surface area (Å²) >= 11 is 5.89. The topological polar surface area (TPSA) is 99.8 Å². The van der Waals surface area contributed by atoms with Gasteiger partial charge in [0.05, 0.1) is 6.10 Å². The van der Waals surface area contributed by atoms with E-state index in [-0.39, 0.29) is 5.76 Å². The summed E-state index contributed by atoms with van der Waals surface area (Å²) < 4.78 is 5.43. The minimum atomic E-state index is -1.41. The van der Waals surface area contributed by atoms with Crippen molar-refractivity contribution in [2.75, 3.05) is 0 Å². The number of carboxylic acid groups (broad SMARTS) is 1. The Balaban J connectivity index is 2.35. The van der Waals surface area contributed by atoms with Crippen LogP contribution in [0.4, 0.5) is 0 Å². The fourth-order valence-corrected chi connectivity index (χ4v) is 2.18. The van der Waals surface area contributed by atoms with Crippen molar-refractivity contribution in [3.05, 3.63) is 34.5 Å². The lowest BCUT2D eigenvalue weighted by molar-refractivity contribution is -0.141. The standard InChI is InChI=1S/C14H14ClNO5/c1-6-9-5-8(15)3-4-10(9)21-12(6)13(18)16-11(7(2)17)14(19)20/h3-5,7,11,17H,1-2H3,(H,16,18)(H,19,20)/t7-,11+/m1/s1. The van der Waals surface area contributed by atoms with Crippen molar-refractivity contribution in [3.8, 4) is 0 Å². The van der Waals surface area contributed by atoms with E-state index in [1.54, 1.807) is 25.1 Å². The van der Waals surface area contributed by atoms with Crippen LogP contribution in [0.1, 0.15) is 23.0 Å². The van der Waals surface area contributed by atoms with Crippen molar-refractivity contribution in [1.29, 1.82) is 0 Å². The average molecular weight is 312 g/mol. The number of carbonyl (C=O) groups excluding carboxylic acids is 1. The number of aryl methyl sites for hydroxylation is 1. The number of hydrogen-bond donors (Lipinski definition) is 3. The quantitative estimate of drug-likeness (QED) is 0.801. The summed E-state index contributed by atoms with van der Waals surface area (Å²) in [5.74, 6) is -2.03. The predicted octanol–water partition coefficient (Wildman–Crippen LogP) is 1.96. The van der Waals surface area contributed by atoms with E-state index in [1.165, 1.54) is 6.92 Å². The van der Waals surface area contributed by atoms with Gasteiger partial charge in [-0.2, -0.15) is 0 Å². The molecular formula is C14H14ClNO5.